The molecule has 1 aromatic carbocycles. The molecule has 0 saturated carbocycles. The number of nitrogens with one attached hydrogen (secondary N) is 1. The number of primary amides is 1. The second-order valence-electron chi connectivity index (χ2n) is 6.81. The Kier molecular flexibility index (Phi) is 7.74. The van der Waals surface area contributed by atoms with Crippen molar-refractivity contribution in [3.63, 3.8) is 0 Å². The van der Waals surface area contributed by atoms with E-state index < -0.39 is 34.0 Å². The van der Waals surface area contributed by atoms with Gasteiger partial charge in [-0.15, -0.1) is 0 Å². The van der Waals surface area contributed by atoms with E-state index in [1.807, 2.05) is 5.32 Å². The lowest BCUT2D eigenvalue weighted by Crippen LogP contribution is -2.42. The van der Waals surface area contributed by atoms with E-state index in [9.17, 15) is 22.8 Å². The van der Waals surface area contributed by atoms with Gasteiger partial charge in [-0.1, -0.05) is 13.8 Å². The Bertz CT molecular complexity index is 1090. The molecule has 0 spiro atoms. The van der Waals surface area contributed by atoms with Crippen molar-refractivity contribution >= 4 is 39.0 Å². The van der Waals surface area contributed by atoms with Crippen LogP contribution in [-0.2, 0) is 37.8 Å². The molecular weight excluding hydrogens is 426 g/mol. The first kappa shape index (κ1) is 24.3. The van der Waals surface area contributed by atoms with E-state index in [0.717, 1.165) is 5.52 Å². The molecule has 170 valence electrons. The summed E-state index contributed by atoms with van der Waals surface area (Å²) in [5.74, 6) is -0.909. The summed E-state index contributed by atoms with van der Waals surface area (Å²) < 4.78 is 33.6. The van der Waals surface area contributed by atoms with E-state index in [0.29, 0.717) is 24.4 Å². The summed E-state index contributed by atoms with van der Waals surface area (Å²) in [6, 6.07) is 3.70. The fourth-order valence-corrected chi connectivity index (χ4v) is 4.55. The number of amides is 3. The molecule has 1 heterocycles. The summed E-state index contributed by atoms with van der Waals surface area (Å²) in [4.78, 5) is 38.9. The molecule has 1 aromatic heterocycles. The SMILES string of the molecule is CCN(CC)S(=O)(=O)c1ccc2c(c1)nc(CCC(=O)O[C@@H](C)C(=O)NC(N)=O)n2C. The molecule has 3 amide bonds. The summed E-state index contributed by atoms with van der Waals surface area (Å²) in [6.07, 6.45) is -1.02. The van der Waals surface area contributed by atoms with Crippen LogP contribution in [0.15, 0.2) is 23.1 Å². The summed E-state index contributed by atoms with van der Waals surface area (Å²) in [5, 5.41) is 1.84. The normalized spacial score (nSPS) is 12.7. The molecule has 0 saturated heterocycles. The number of aromatic nitrogens is 2. The predicted molar refractivity (Wildman–Crippen MR) is 112 cm³/mol. The molecule has 0 aliphatic carbocycles. The van der Waals surface area contributed by atoms with Gasteiger partial charge in [-0.25, -0.2) is 18.2 Å². The number of hydrogen-bond acceptors (Lipinski definition) is 7. The average molecular weight is 454 g/mol. The van der Waals surface area contributed by atoms with Crippen molar-refractivity contribution in [1.29, 1.82) is 0 Å². The standard InChI is InChI=1S/C19H27N5O6S/c1-5-24(6-2)31(28,29)13-7-8-15-14(11-13)21-16(23(15)4)9-10-17(25)30-12(3)18(26)22-19(20)27/h7-8,11-12H,5-6,9-10H2,1-4H3,(H3,20,22,26,27)/t12-/m0/s1. The molecule has 11 nitrogen and oxygen atoms in total. The minimum absolute atomic E-state index is 0.0596. The molecule has 0 radical (unpaired) electrons. The number of imide groups is 1. The monoisotopic (exact) mass is 453 g/mol. The number of aryl methyl sites for hydroxylation is 2. The van der Waals surface area contributed by atoms with Crippen molar-refractivity contribution < 1.29 is 27.5 Å². The number of esters is 1. The Morgan fingerprint density at radius 3 is 2.48 bits per heavy atom. The van der Waals surface area contributed by atoms with Crippen LogP contribution in [0.25, 0.3) is 11.0 Å². The highest BCUT2D eigenvalue weighted by Gasteiger charge is 2.23. The Hall–Kier alpha value is -2.99. The number of nitrogens with two attached hydrogens (primary N) is 1. The maximum absolute atomic E-state index is 12.7. The van der Waals surface area contributed by atoms with E-state index in [2.05, 4.69) is 4.98 Å². The van der Waals surface area contributed by atoms with Gasteiger partial charge in [-0.2, -0.15) is 4.31 Å². The predicted octanol–water partition coefficient (Wildman–Crippen LogP) is 0.663. The van der Waals surface area contributed by atoms with Crippen molar-refractivity contribution in [3.05, 3.63) is 24.0 Å². The van der Waals surface area contributed by atoms with Crippen molar-refractivity contribution in [3.8, 4) is 0 Å². The van der Waals surface area contributed by atoms with E-state index in [4.69, 9.17) is 10.5 Å². The maximum Gasteiger partial charge on any atom is 0.318 e. The van der Waals surface area contributed by atoms with E-state index in [1.54, 1.807) is 31.5 Å². The van der Waals surface area contributed by atoms with E-state index >= 15 is 0 Å². The van der Waals surface area contributed by atoms with Gasteiger partial charge < -0.3 is 15.0 Å². The number of rotatable bonds is 9. The number of sulfonamides is 1. The van der Waals surface area contributed by atoms with Crippen LogP contribution in [-0.4, -0.2) is 59.4 Å². The van der Waals surface area contributed by atoms with Crippen LogP contribution in [0, 0.1) is 0 Å². The molecule has 2 rings (SSSR count). The van der Waals surface area contributed by atoms with Gasteiger partial charge in [0, 0.05) is 26.6 Å². The number of hydrogen-bond donors (Lipinski definition) is 2. The number of urea groups is 1. The highest BCUT2D eigenvalue weighted by molar-refractivity contribution is 7.89. The van der Waals surface area contributed by atoms with Crippen molar-refractivity contribution in [2.45, 2.75) is 44.6 Å². The summed E-state index contributed by atoms with van der Waals surface area (Å²) in [6.45, 7) is 5.60. The third-order valence-corrected chi connectivity index (χ3v) is 6.81. The fourth-order valence-electron chi connectivity index (χ4n) is 3.07. The number of fused-ring (bicyclic) bond motifs is 1. The molecule has 0 aliphatic rings. The van der Waals surface area contributed by atoms with Crippen molar-refractivity contribution in [2.24, 2.45) is 12.8 Å². The third kappa shape index (κ3) is 5.58. The van der Waals surface area contributed by atoms with Crippen LogP contribution in [0.5, 0.6) is 0 Å². The van der Waals surface area contributed by atoms with Gasteiger partial charge in [-0.3, -0.25) is 14.9 Å². The summed E-state index contributed by atoms with van der Waals surface area (Å²) >= 11 is 0. The smallest absolute Gasteiger partial charge is 0.318 e. The molecule has 3 N–H and O–H groups in total. The number of benzene rings is 1. The first-order valence-electron chi connectivity index (χ1n) is 9.76. The van der Waals surface area contributed by atoms with Crippen LogP contribution < -0.4 is 11.1 Å². The van der Waals surface area contributed by atoms with Gasteiger partial charge in [0.25, 0.3) is 5.91 Å². The topological polar surface area (TPSA) is 154 Å². The fraction of sp³-hybridized carbons (Fsp3) is 0.474. The maximum atomic E-state index is 12.7. The highest BCUT2D eigenvalue weighted by Crippen LogP contribution is 2.22. The second kappa shape index (κ2) is 9.88. The lowest BCUT2D eigenvalue weighted by molar-refractivity contribution is -0.154. The zero-order valence-electron chi connectivity index (χ0n) is 17.9. The Morgan fingerprint density at radius 1 is 1.26 bits per heavy atom. The number of imidazole rings is 1. The number of nitrogens with zero attached hydrogens (tertiary/aromatic N) is 3. The van der Waals surface area contributed by atoms with Gasteiger partial charge in [0.2, 0.25) is 10.0 Å². The van der Waals surface area contributed by atoms with Gasteiger partial charge in [-0.05, 0) is 25.1 Å². The zero-order chi connectivity index (χ0) is 23.3. The minimum atomic E-state index is -3.61. The van der Waals surface area contributed by atoms with Crippen LogP contribution in [0.1, 0.15) is 33.0 Å². The zero-order valence-corrected chi connectivity index (χ0v) is 18.7. The highest BCUT2D eigenvalue weighted by atomic mass is 32.2. The average Bonchev–Trinajstić information content (AvgIpc) is 3.01. The number of carbonyl (C=O) groups is 3. The van der Waals surface area contributed by atoms with Gasteiger partial charge >= 0.3 is 12.0 Å². The van der Waals surface area contributed by atoms with E-state index in [-0.39, 0.29) is 17.7 Å². The lowest BCUT2D eigenvalue weighted by Gasteiger charge is -2.18. The summed E-state index contributed by atoms with van der Waals surface area (Å²) in [5.41, 5.74) is 6.07. The molecule has 0 unspecified atom stereocenters. The molecule has 31 heavy (non-hydrogen) atoms. The van der Waals surface area contributed by atoms with E-state index in [1.165, 1.54) is 23.4 Å². The largest absolute Gasteiger partial charge is 0.453 e. The Labute approximate surface area is 180 Å². The molecule has 1 atom stereocenters. The van der Waals surface area contributed by atoms with Crippen molar-refractivity contribution in [2.75, 3.05) is 13.1 Å². The Balaban J connectivity index is 2.14. The second-order valence-corrected chi connectivity index (χ2v) is 8.75. The molecule has 0 fully saturated rings. The van der Waals surface area contributed by atoms with Gasteiger partial charge in [0.05, 0.1) is 22.3 Å². The number of carbonyl (C=O) groups excluding carboxylic acids is 3. The first-order valence-corrected chi connectivity index (χ1v) is 11.2. The van der Waals surface area contributed by atoms with Crippen molar-refractivity contribution in [1.82, 2.24) is 19.2 Å². The Morgan fingerprint density at radius 2 is 1.90 bits per heavy atom. The van der Waals surface area contributed by atoms with Crippen LogP contribution in [0.2, 0.25) is 0 Å². The van der Waals surface area contributed by atoms with Gasteiger partial charge in [0.15, 0.2) is 6.10 Å². The molecular formula is C19H27N5O6S. The first-order chi connectivity index (χ1) is 14.5. The minimum Gasteiger partial charge on any atom is -0.453 e. The van der Waals surface area contributed by atoms with Crippen LogP contribution in [0.4, 0.5) is 4.79 Å². The molecule has 2 aromatic rings. The molecule has 0 aliphatic heterocycles. The van der Waals surface area contributed by atoms with Crippen LogP contribution in [0.3, 0.4) is 0 Å². The van der Waals surface area contributed by atoms with Gasteiger partial charge in [0.1, 0.15) is 5.82 Å². The quantitative estimate of drug-likeness (QED) is 0.529. The lowest BCUT2D eigenvalue weighted by atomic mass is 10.3. The molecule has 0 bridgehead atoms. The number of ether oxygens (including phenoxy) is 1. The van der Waals surface area contributed by atoms with Crippen LogP contribution >= 0.6 is 0 Å². The summed E-state index contributed by atoms with van der Waals surface area (Å²) in [7, 11) is -1.85. The third-order valence-electron chi connectivity index (χ3n) is 4.76. The molecule has 12 heteroatoms.